The van der Waals surface area contributed by atoms with Crippen LogP contribution in [-0.4, -0.2) is 37.1 Å². The van der Waals surface area contributed by atoms with Gasteiger partial charge in [-0.05, 0) is 31.5 Å². The van der Waals surface area contributed by atoms with E-state index in [1.165, 1.54) is 18.6 Å². The molecule has 0 spiro atoms. The topological polar surface area (TPSA) is 32.5 Å². The van der Waals surface area contributed by atoms with E-state index in [9.17, 15) is 4.39 Å². The zero-order valence-electron chi connectivity index (χ0n) is 11.2. The van der Waals surface area contributed by atoms with E-state index in [1.807, 2.05) is 0 Å². The van der Waals surface area contributed by atoms with Gasteiger partial charge in [-0.1, -0.05) is 6.92 Å². The van der Waals surface area contributed by atoms with Crippen LogP contribution in [-0.2, 0) is 0 Å². The maximum Gasteiger partial charge on any atom is 0.125 e. The molecule has 1 aliphatic heterocycles. The van der Waals surface area contributed by atoms with E-state index in [2.05, 4.69) is 23.6 Å². The first-order chi connectivity index (χ1) is 8.61. The fourth-order valence-corrected chi connectivity index (χ4v) is 2.45. The number of benzene rings is 1. The second kappa shape index (κ2) is 5.57. The van der Waals surface area contributed by atoms with Gasteiger partial charge in [-0.15, -0.1) is 0 Å². The van der Waals surface area contributed by atoms with Crippen LogP contribution in [0.5, 0.6) is 0 Å². The third-order valence-corrected chi connectivity index (χ3v) is 3.86. The van der Waals surface area contributed by atoms with Crippen molar-refractivity contribution in [1.29, 1.82) is 0 Å². The van der Waals surface area contributed by atoms with Crippen LogP contribution in [0.2, 0.25) is 0 Å². The molecule has 1 saturated heterocycles. The number of nitrogens with two attached hydrogens (primary N) is 1. The molecule has 1 heterocycles. The molecule has 2 rings (SSSR count). The zero-order valence-corrected chi connectivity index (χ0v) is 11.2. The minimum absolute atomic E-state index is 0.219. The summed E-state index contributed by atoms with van der Waals surface area (Å²) in [6.45, 7) is 8.33. The summed E-state index contributed by atoms with van der Waals surface area (Å²) in [5.74, 6) is -0.219. The number of hydrogen-bond acceptors (Lipinski definition) is 3. The molecule has 100 valence electrons. The second-order valence-electron chi connectivity index (χ2n) is 4.98. The third kappa shape index (κ3) is 2.75. The zero-order chi connectivity index (χ0) is 13.1. The standard InChI is InChI=1S/C14H22FN3/c1-3-11(2)17-6-8-18(9-7-17)14-10-12(15)4-5-13(14)16/h4-5,10-11H,3,6-9,16H2,1-2H3. The monoisotopic (exact) mass is 251 g/mol. The third-order valence-electron chi connectivity index (χ3n) is 3.86. The second-order valence-corrected chi connectivity index (χ2v) is 4.98. The van der Waals surface area contributed by atoms with Crippen LogP contribution in [0, 0.1) is 5.82 Å². The molecule has 3 nitrogen and oxygen atoms in total. The first-order valence-electron chi connectivity index (χ1n) is 6.66. The van der Waals surface area contributed by atoms with E-state index in [-0.39, 0.29) is 5.82 Å². The summed E-state index contributed by atoms with van der Waals surface area (Å²) in [5.41, 5.74) is 7.41. The van der Waals surface area contributed by atoms with Gasteiger partial charge in [-0.25, -0.2) is 4.39 Å². The molecular weight excluding hydrogens is 229 g/mol. The molecule has 1 aliphatic rings. The van der Waals surface area contributed by atoms with Crippen molar-refractivity contribution in [2.24, 2.45) is 0 Å². The molecule has 0 bridgehead atoms. The van der Waals surface area contributed by atoms with Crippen LogP contribution >= 0.6 is 0 Å². The van der Waals surface area contributed by atoms with Crippen LogP contribution < -0.4 is 10.6 Å². The van der Waals surface area contributed by atoms with E-state index >= 15 is 0 Å². The molecule has 0 radical (unpaired) electrons. The summed E-state index contributed by atoms with van der Waals surface area (Å²) < 4.78 is 13.3. The van der Waals surface area contributed by atoms with Crippen molar-refractivity contribution < 1.29 is 4.39 Å². The van der Waals surface area contributed by atoms with E-state index < -0.39 is 0 Å². The van der Waals surface area contributed by atoms with Crippen LogP contribution in [0.4, 0.5) is 15.8 Å². The van der Waals surface area contributed by atoms with Gasteiger partial charge in [0, 0.05) is 32.2 Å². The van der Waals surface area contributed by atoms with Crippen LogP contribution in [0.15, 0.2) is 18.2 Å². The number of nitrogen functional groups attached to an aromatic ring is 1. The van der Waals surface area contributed by atoms with Gasteiger partial charge in [-0.3, -0.25) is 4.90 Å². The van der Waals surface area contributed by atoms with Crippen molar-refractivity contribution in [1.82, 2.24) is 4.90 Å². The molecule has 1 aromatic carbocycles. The van der Waals surface area contributed by atoms with Crippen molar-refractivity contribution in [3.8, 4) is 0 Å². The van der Waals surface area contributed by atoms with Crippen molar-refractivity contribution >= 4 is 11.4 Å². The number of hydrogen-bond donors (Lipinski definition) is 1. The Morgan fingerprint density at radius 2 is 1.94 bits per heavy atom. The maximum absolute atomic E-state index is 13.3. The van der Waals surface area contributed by atoms with Crippen LogP contribution in [0.1, 0.15) is 20.3 Å². The summed E-state index contributed by atoms with van der Waals surface area (Å²) in [6.07, 6.45) is 1.17. The number of rotatable bonds is 3. The lowest BCUT2D eigenvalue weighted by Crippen LogP contribution is -2.49. The predicted octanol–water partition coefficient (Wildman–Crippen LogP) is 2.33. The normalized spacial score (nSPS) is 18.9. The Kier molecular flexibility index (Phi) is 4.07. The van der Waals surface area contributed by atoms with Gasteiger partial charge in [0.2, 0.25) is 0 Å². The highest BCUT2D eigenvalue weighted by Crippen LogP contribution is 2.25. The highest BCUT2D eigenvalue weighted by molar-refractivity contribution is 5.67. The highest BCUT2D eigenvalue weighted by Gasteiger charge is 2.21. The van der Waals surface area contributed by atoms with Gasteiger partial charge in [0.15, 0.2) is 0 Å². The SMILES string of the molecule is CCC(C)N1CCN(c2cc(F)ccc2N)CC1. The number of halogens is 1. The van der Waals surface area contributed by atoms with Gasteiger partial charge >= 0.3 is 0 Å². The number of anilines is 2. The molecule has 1 fully saturated rings. The van der Waals surface area contributed by atoms with Crippen LogP contribution in [0.25, 0.3) is 0 Å². The lowest BCUT2D eigenvalue weighted by molar-refractivity contribution is 0.193. The van der Waals surface area contributed by atoms with Gasteiger partial charge < -0.3 is 10.6 Å². The summed E-state index contributed by atoms with van der Waals surface area (Å²) in [6, 6.07) is 5.21. The Hall–Kier alpha value is -1.29. The molecule has 0 amide bonds. The fraction of sp³-hybridized carbons (Fsp3) is 0.571. The molecule has 0 aliphatic carbocycles. The Bertz CT molecular complexity index is 400. The average Bonchev–Trinajstić information content (AvgIpc) is 2.41. The lowest BCUT2D eigenvalue weighted by Gasteiger charge is -2.39. The summed E-state index contributed by atoms with van der Waals surface area (Å²) in [4.78, 5) is 4.66. The first kappa shape index (κ1) is 13.1. The van der Waals surface area contributed by atoms with E-state index in [0.717, 1.165) is 31.9 Å². The lowest BCUT2D eigenvalue weighted by atomic mass is 10.1. The number of nitrogens with zero attached hydrogens (tertiary/aromatic N) is 2. The number of piperazine rings is 1. The fourth-order valence-electron chi connectivity index (χ4n) is 2.45. The molecule has 0 aromatic heterocycles. The minimum atomic E-state index is -0.219. The first-order valence-corrected chi connectivity index (χ1v) is 6.66. The smallest absolute Gasteiger partial charge is 0.125 e. The highest BCUT2D eigenvalue weighted by atomic mass is 19.1. The van der Waals surface area contributed by atoms with E-state index in [1.54, 1.807) is 6.07 Å². The minimum Gasteiger partial charge on any atom is -0.397 e. The Labute approximate surface area is 108 Å². The van der Waals surface area contributed by atoms with E-state index in [0.29, 0.717) is 11.7 Å². The van der Waals surface area contributed by atoms with Crippen molar-refractivity contribution in [3.05, 3.63) is 24.0 Å². The summed E-state index contributed by atoms with van der Waals surface area (Å²) in [5, 5.41) is 0. The molecule has 0 saturated carbocycles. The van der Waals surface area contributed by atoms with Crippen molar-refractivity contribution in [2.75, 3.05) is 36.8 Å². The summed E-state index contributed by atoms with van der Waals surface area (Å²) in [7, 11) is 0. The molecule has 2 N–H and O–H groups in total. The van der Waals surface area contributed by atoms with Crippen molar-refractivity contribution in [3.63, 3.8) is 0 Å². The quantitative estimate of drug-likeness (QED) is 0.837. The van der Waals surface area contributed by atoms with Crippen LogP contribution in [0.3, 0.4) is 0 Å². The average molecular weight is 251 g/mol. The molecule has 1 atom stereocenters. The Morgan fingerprint density at radius 1 is 1.28 bits per heavy atom. The van der Waals surface area contributed by atoms with E-state index in [4.69, 9.17) is 5.73 Å². The summed E-state index contributed by atoms with van der Waals surface area (Å²) >= 11 is 0. The molecular formula is C14H22FN3. The van der Waals surface area contributed by atoms with Gasteiger partial charge in [0.1, 0.15) is 5.82 Å². The molecule has 18 heavy (non-hydrogen) atoms. The largest absolute Gasteiger partial charge is 0.397 e. The predicted molar refractivity (Wildman–Crippen MR) is 74.4 cm³/mol. The van der Waals surface area contributed by atoms with Gasteiger partial charge in [0.25, 0.3) is 0 Å². The molecule has 1 unspecified atom stereocenters. The Morgan fingerprint density at radius 3 is 2.56 bits per heavy atom. The Balaban J connectivity index is 2.03. The maximum atomic E-state index is 13.3. The van der Waals surface area contributed by atoms with Gasteiger partial charge in [0.05, 0.1) is 11.4 Å². The van der Waals surface area contributed by atoms with Crippen molar-refractivity contribution in [2.45, 2.75) is 26.3 Å². The molecule has 4 heteroatoms. The van der Waals surface area contributed by atoms with Gasteiger partial charge in [-0.2, -0.15) is 0 Å². The molecule has 1 aromatic rings.